The first-order chi connectivity index (χ1) is 10.8. The molecule has 0 bridgehead atoms. The lowest BCUT2D eigenvalue weighted by atomic mass is 9.93. The Morgan fingerprint density at radius 2 is 1.68 bits per heavy atom. The molecule has 0 fully saturated rings. The summed E-state index contributed by atoms with van der Waals surface area (Å²) in [5.74, 6) is -0.649. The van der Waals surface area contributed by atoms with Crippen LogP contribution in [0.4, 0.5) is 8.87 Å². The fourth-order valence-electron chi connectivity index (χ4n) is 2.63. The predicted molar refractivity (Wildman–Crippen MR) is 99.9 cm³/mol. The third-order valence-corrected chi connectivity index (χ3v) is 3.86. The normalized spacial score (nSPS) is 11.0. The molecule has 3 rings (SSSR count). The molecule has 3 aromatic rings. The van der Waals surface area contributed by atoms with Gasteiger partial charge in [-0.2, -0.15) is 4.39 Å². The maximum Gasteiger partial charge on any atom is 0.247 e. The summed E-state index contributed by atoms with van der Waals surface area (Å²) in [6.45, 7) is 3.83. The lowest BCUT2D eigenvalue weighted by Gasteiger charge is -2.19. The lowest BCUT2D eigenvalue weighted by molar-refractivity contribution is 0.317. The molecule has 0 spiro atoms. The van der Waals surface area contributed by atoms with Crippen molar-refractivity contribution in [2.24, 2.45) is 5.73 Å². The molecule has 0 saturated carbocycles. The van der Waals surface area contributed by atoms with E-state index in [2.05, 4.69) is 5.10 Å². The van der Waals surface area contributed by atoms with Gasteiger partial charge in [-0.15, -0.1) is 29.9 Å². The molecule has 0 saturated heterocycles. The van der Waals surface area contributed by atoms with Crippen molar-refractivity contribution in [1.29, 1.82) is 0 Å². The molecule has 0 atom stereocenters. The van der Waals surface area contributed by atoms with E-state index in [4.69, 9.17) is 10.5 Å². The summed E-state index contributed by atoms with van der Waals surface area (Å²) in [5, 5.41) is 3.19. The fraction of sp³-hybridized carbons (Fsp3) is 0.235. The maximum absolute atomic E-state index is 13.9. The van der Waals surface area contributed by atoms with Gasteiger partial charge in [0.2, 0.25) is 5.95 Å². The van der Waals surface area contributed by atoms with Crippen molar-refractivity contribution in [2.45, 2.75) is 19.4 Å². The lowest BCUT2D eigenvalue weighted by Crippen LogP contribution is -2.28. The van der Waals surface area contributed by atoms with E-state index < -0.39 is 11.5 Å². The topological polar surface area (TPSA) is 53.1 Å². The third kappa shape index (κ3) is 3.71. The van der Waals surface area contributed by atoms with Gasteiger partial charge in [-0.1, -0.05) is 33.7 Å². The predicted octanol–water partition coefficient (Wildman–Crippen LogP) is 4.62. The Labute approximate surface area is 156 Å². The molecule has 0 aliphatic carbocycles. The maximum atomic E-state index is 13.9. The molecule has 25 heavy (non-hydrogen) atoms. The van der Waals surface area contributed by atoms with Gasteiger partial charge in [0, 0.05) is 11.1 Å². The van der Waals surface area contributed by atoms with Gasteiger partial charge in [-0.25, -0.2) is 0 Å². The highest BCUT2D eigenvalue weighted by Gasteiger charge is 2.20. The quantitative estimate of drug-likeness (QED) is 0.710. The number of ether oxygens (including phenoxy) is 1. The summed E-state index contributed by atoms with van der Waals surface area (Å²) in [4.78, 5) is 0.0109. The average molecular weight is 390 g/mol. The van der Waals surface area contributed by atoms with Crippen LogP contribution in [0.25, 0.3) is 22.0 Å². The van der Waals surface area contributed by atoms with Crippen LogP contribution in [0.2, 0.25) is 0 Å². The zero-order valence-corrected chi connectivity index (χ0v) is 15.5. The van der Waals surface area contributed by atoms with Crippen LogP contribution in [-0.2, 0) is 5.54 Å². The number of nitrogens with two attached hydrogens (primary N) is 1. The first-order valence-electron chi connectivity index (χ1n) is 7.14. The van der Waals surface area contributed by atoms with Crippen LogP contribution in [0.15, 0.2) is 36.4 Å². The van der Waals surface area contributed by atoms with Gasteiger partial charge in [0.1, 0.15) is 16.7 Å². The Balaban J connectivity index is 0.00000156. The minimum Gasteiger partial charge on any atom is -0.495 e. The van der Waals surface area contributed by atoms with Crippen LogP contribution in [0.5, 0.6) is 5.75 Å². The molecule has 4 nitrogen and oxygen atoms in total. The molecule has 0 aliphatic heterocycles. The van der Waals surface area contributed by atoms with E-state index >= 15 is 0 Å². The molecule has 0 unspecified atom stereocenters. The van der Waals surface area contributed by atoms with Crippen molar-refractivity contribution >= 4 is 35.7 Å². The van der Waals surface area contributed by atoms with Crippen LogP contribution in [0.1, 0.15) is 19.4 Å². The second-order valence-electron chi connectivity index (χ2n) is 5.99. The molecule has 1 aromatic heterocycles. The zero-order chi connectivity index (χ0) is 16.8. The van der Waals surface area contributed by atoms with E-state index in [0.717, 1.165) is 11.1 Å². The third-order valence-electron chi connectivity index (χ3n) is 3.86. The Hall–Kier alpha value is -1.89. The van der Waals surface area contributed by atoms with E-state index in [1.807, 2.05) is 38.1 Å². The molecule has 8 heteroatoms. The summed E-state index contributed by atoms with van der Waals surface area (Å²) >= 11 is 0. The fourth-order valence-corrected chi connectivity index (χ4v) is 2.63. The van der Waals surface area contributed by atoms with E-state index in [9.17, 15) is 8.87 Å². The van der Waals surface area contributed by atoms with E-state index in [1.54, 1.807) is 6.07 Å². The van der Waals surface area contributed by atoms with Crippen molar-refractivity contribution in [1.82, 2.24) is 10.0 Å². The molecule has 136 valence electrons. The average Bonchev–Trinajstić information content (AvgIpc) is 2.80. The summed E-state index contributed by atoms with van der Waals surface area (Å²) < 4.78 is 32.8. The summed E-state index contributed by atoms with van der Waals surface area (Å²) in [7, 11) is 1.42. The standard InChI is InChI=1S/C17H17F2N3O.2ClH/c1-17(2,20)11-6-4-10(5-7-11)12-8-9-13-14(15(12)23-3)16(18)21-22(13)19;;/h4-9H,20H2,1-3H3;2*1H. The molecule has 0 radical (unpaired) electrons. The van der Waals surface area contributed by atoms with Crippen molar-refractivity contribution in [2.75, 3.05) is 7.11 Å². The van der Waals surface area contributed by atoms with Crippen molar-refractivity contribution in [3.8, 4) is 16.9 Å². The molecule has 2 N–H and O–H groups in total. The van der Waals surface area contributed by atoms with Crippen LogP contribution >= 0.6 is 24.8 Å². The number of methoxy groups -OCH3 is 1. The van der Waals surface area contributed by atoms with E-state index in [-0.39, 0.29) is 46.4 Å². The number of hydrogen-bond donors (Lipinski definition) is 1. The highest BCUT2D eigenvalue weighted by molar-refractivity contribution is 5.93. The van der Waals surface area contributed by atoms with Gasteiger partial charge in [0.15, 0.2) is 0 Å². The number of fused-ring (bicyclic) bond motifs is 1. The van der Waals surface area contributed by atoms with Crippen LogP contribution in [-0.4, -0.2) is 17.1 Å². The first-order valence-corrected chi connectivity index (χ1v) is 7.14. The Kier molecular flexibility index (Phi) is 6.39. The minimum absolute atomic E-state index is 0. The molecular weight excluding hydrogens is 371 g/mol. The van der Waals surface area contributed by atoms with Gasteiger partial charge < -0.3 is 10.5 Å². The monoisotopic (exact) mass is 389 g/mol. The first kappa shape index (κ1) is 21.2. The molecule has 0 amide bonds. The second kappa shape index (κ2) is 7.56. The van der Waals surface area contributed by atoms with Gasteiger partial charge in [0.05, 0.1) is 7.11 Å². The van der Waals surface area contributed by atoms with E-state index in [1.165, 1.54) is 13.2 Å². The van der Waals surface area contributed by atoms with Gasteiger partial charge in [-0.05, 0) is 37.1 Å². The SMILES string of the molecule is COc1c(-c2ccc(C(C)(C)N)cc2)ccc2c1c(F)nn2F.Cl.Cl. The zero-order valence-electron chi connectivity index (χ0n) is 13.9. The highest BCUT2D eigenvalue weighted by atomic mass is 35.5. The Bertz CT molecular complexity index is 874. The number of halogens is 4. The largest absolute Gasteiger partial charge is 0.495 e. The van der Waals surface area contributed by atoms with Crippen molar-refractivity contribution < 1.29 is 13.6 Å². The van der Waals surface area contributed by atoms with Gasteiger partial charge >= 0.3 is 0 Å². The van der Waals surface area contributed by atoms with Gasteiger partial charge in [0.25, 0.3) is 0 Å². The molecular formula is C17H19Cl2F2N3O. The second-order valence-corrected chi connectivity index (χ2v) is 5.99. The number of hydrogen-bond acceptors (Lipinski definition) is 3. The van der Waals surface area contributed by atoms with Crippen LogP contribution < -0.4 is 10.5 Å². The number of rotatable bonds is 3. The summed E-state index contributed by atoms with van der Waals surface area (Å²) in [6.07, 6.45) is 0. The Morgan fingerprint density at radius 1 is 1.08 bits per heavy atom. The molecule has 0 aliphatic rings. The smallest absolute Gasteiger partial charge is 0.247 e. The van der Waals surface area contributed by atoms with Crippen molar-refractivity contribution in [3.63, 3.8) is 0 Å². The number of aromatic nitrogens is 2. The number of nitrogens with zero attached hydrogens (tertiary/aromatic N) is 2. The molecule has 1 heterocycles. The molecule has 2 aromatic carbocycles. The Morgan fingerprint density at radius 3 is 2.20 bits per heavy atom. The summed E-state index contributed by atoms with van der Waals surface area (Å²) in [5.41, 5.74) is 8.11. The van der Waals surface area contributed by atoms with Gasteiger partial charge in [-0.3, -0.25) is 0 Å². The van der Waals surface area contributed by atoms with E-state index in [0.29, 0.717) is 5.56 Å². The van der Waals surface area contributed by atoms with Crippen molar-refractivity contribution in [3.05, 3.63) is 47.9 Å². The minimum atomic E-state index is -0.902. The highest BCUT2D eigenvalue weighted by Crippen LogP contribution is 2.38. The number of benzene rings is 2. The summed E-state index contributed by atoms with van der Waals surface area (Å²) in [6, 6.07) is 10.7. The van der Waals surface area contributed by atoms with Crippen LogP contribution in [0, 0.1) is 5.95 Å². The van der Waals surface area contributed by atoms with Crippen LogP contribution in [0.3, 0.4) is 0 Å².